The van der Waals surface area contributed by atoms with Crippen molar-refractivity contribution in [2.75, 3.05) is 0 Å². The molecule has 2 aromatic heterocycles. The van der Waals surface area contributed by atoms with Crippen LogP contribution in [0, 0.1) is 13.8 Å². The first-order valence-corrected chi connectivity index (χ1v) is 7.89. The second kappa shape index (κ2) is 5.41. The Balaban J connectivity index is 2.29. The maximum atomic E-state index is 12.2. The first kappa shape index (κ1) is 14.2. The van der Waals surface area contributed by atoms with Gasteiger partial charge in [0, 0.05) is 17.1 Å². The first-order valence-electron chi connectivity index (χ1n) is 5.53. The largest absolute Gasteiger partial charge is 0.465 e. The molecule has 2 heterocycles. The highest BCUT2D eigenvalue weighted by molar-refractivity contribution is 7.89. The van der Waals surface area contributed by atoms with Gasteiger partial charge in [0.25, 0.3) is 0 Å². The van der Waals surface area contributed by atoms with Gasteiger partial charge in [0.05, 0.1) is 13.2 Å². The number of rotatable bonds is 5. The zero-order valence-corrected chi connectivity index (χ0v) is 12.1. The van der Waals surface area contributed by atoms with Gasteiger partial charge >= 0.3 is 0 Å². The number of aromatic nitrogens is 1. The minimum absolute atomic E-state index is 0.0176. The van der Waals surface area contributed by atoms with Crippen LogP contribution in [-0.4, -0.2) is 18.5 Å². The average molecular weight is 302 g/mol. The molecule has 0 spiro atoms. The smallest absolute Gasteiger partial charge is 0.244 e. The molecule has 0 saturated carbocycles. The Labute approximate surface area is 115 Å². The zero-order valence-electron chi connectivity index (χ0n) is 10.5. The standard InChI is InChI=1S/C11H14N2O4S2/c1-7-9(6-14)11(8(2)17-7)19(15,16)13-5-10-12-3-4-18-10/h3-4,13-14H,5-6H2,1-2H3. The minimum atomic E-state index is -3.73. The lowest BCUT2D eigenvalue weighted by Crippen LogP contribution is -2.24. The highest BCUT2D eigenvalue weighted by Gasteiger charge is 2.26. The fourth-order valence-corrected chi connectivity index (χ4v) is 3.88. The molecule has 0 bridgehead atoms. The van der Waals surface area contributed by atoms with Gasteiger partial charge in [-0.1, -0.05) is 0 Å². The molecule has 2 aromatic rings. The molecule has 0 atom stereocenters. The lowest BCUT2D eigenvalue weighted by atomic mass is 10.2. The predicted molar refractivity (Wildman–Crippen MR) is 70.2 cm³/mol. The molecule has 0 unspecified atom stereocenters. The quantitative estimate of drug-likeness (QED) is 0.869. The number of sulfonamides is 1. The molecule has 2 rings (SSSR count). The van der Waals surface area contributed by atoms with Crippen LogP contribution in [0.4, 0.5) is 0 Å². The van der Waals surface area contributed by atoms with Gasteiger partial charge in [0.15, 0.2) is 0 Å². The summed E-state index contributed by atoms with van der Waals surface area (Å²) < 4.78 is 32.2. The molecule has 0 radical (unpaired) electrons. The Hall–Kier alpha value is -1.22. The number of aliphatic hydroxyl groups excluding tert-OH is 1. The molecule has 0 aliphatic heterocycles. The molecular formula is C11H14N2O4S2. The van der Waals surface area contributed by atoms with Crippen molar-refractivity contribution >= 4 is 21.4 Å². The van der Waals surface area contributed by atoms with Crippen LogP contribution >= 0.6 is 11.3 Å². The van der Waals surface area contributed by atoms with Gasteiger partial charge in [-0.05, 0) is 13.8 Å². The number of nitrogens with zero attached hydrogens (tertiary/aromatic N) is 1. The summed E-state index contributed by atoms with van der Waals surface area (Å²) in [5, 5.41) is 11.7. The van der Waals surface area contributed by atoms with Gasteiger partial charge in [0.1, 0.15) is 21.4 Å². The third-order valence-corrected chi connectivity index (χ3v) is 5.02. The van der Waals surface area contributed by atoms with E-state index in [-0.39, 0.29) is 23.8 Å². The van der Waals surface area contributed by atoms with E-state index in [1.165, 1.54) is 11.3 Å². The zero-order chi connectivity index (χ0) is 14.0. The SMILES string of the molecule is Cc1oc(C)c(S(=O)(=O)NCc2nccs2)c1CO. The molecule has 0 amide bonds. The van der Waals surface area contributed by atoms with Crippen LogP contribution in [-0.2, 0) is 23.2 Å². The van der Waals surface area contributed by atoms with Crippen molar-refractivity contribution in [1.82, 2.24) is 9.71 Å². The van der Waals surface area contributed by atoms with E-state index < -0.39 is 10.0 Å². The third kappa shape index (κ3) is 2.86. The Bertz CT molecular complexity index is 659. The number of thiazole rings is 1. The van der Waals surface area contributed by atoms with Crippen molar-refractivity contribution in [3.63, 3.8) is 0 Å². The van der Waals surface area contributed by atoms with Crippen LogP contribution in [0.5, 0.6) is 0 Å². The Morgan fingerprint density at radius 2 is 2.16 bits per heavy atom. The maximum Gasteiger partial charge on any atom is 0.244 e. The van der Waals surface area contributed by atoms with Crippen molar-refractivity contribution in [3.05, 3.63) is 33.7 Å². The number of furan rings is 1. The fourth-order valence-electron chi connectivity index (χ4n) is 1.81. The van der Waals surface area contributed by atoms with E-state index in [4.69, 9.17) is 4.42 Å². The predicted octanol–water partition coefficient (Wildman–Crippen LogP) is 1.32. The molecule has 0 aliphatic rings. The van der Waals surface area contributed by atoms with Crippen LogP contribution in [0.3, 0.4) is 0 Å². The summed E-state index contributed by atoms with van der Waals surface area (Å²) in [6.07, 6.45) is 1.61. The van der Waals surface area contributed by atoms with Gasteiger partial charge in [-0.2, -0.15) is 0 Å². The molecule has 0 aliphatic carbocycles. The molecule has 6 nitrogen and oxygen atoms in total. The van der Waals surface area contributed by atoms with Crippen LogP contribution in [0.1, 0.15) is 22.1 Å². The van der Waals surface area contributed by atoms with Crippen molar-refractivity contribution in [3.8, 4) is 0 Å². The number of hydrogen-bond acceptors (Lipinski definition) is 6. The van der Waals surface area contributed by atoms with Crippen molar-refractivity contribution in [2.45, 2.75) is 31.9 Å². The molecule has 104 valence electrons. The number of nitrogens with one attached hydrogen (secondary N) is 1. The Morgan fingerprint density at radius 1 is 1.42 bits per heavy atom. The highest BCUT2D eigenvalue weighted by Crippen LogP contribution is 2.26. The summed E-state index contributed by atoms with van der Waals surface area (Å²) in [4.78, 5) is 4.02. The highest BCUT2D eigenvalue weighted by atomic mass is 32.2. The Kier molecular flexibility index (Phi) is 4.04. The van der Waals surface area contributed by atoms with Crippen molar-refractivity contribution in [2.24, 2.45) is 0 Å². The van der Waals surface area contributed by atoms with E-state index in [1.807, 2.05) is 0 Å². The van der Waals surface area contributed by atoms with E-state index in [0.717, 1.165) is 0 Å². The van der Waals surface area contributed by atoms with E-state index in [2.05, 4.69) is 9.71 Å². The molecule has 0 aromatic carbocycles. The fraction of sp³-hybridized carbons (Fsp3) is 0.364. The molecule has 19 heavy (non-hydrogen) atoms. The second-order valence-corrected chi connectivity index (χ2v) is 6.61. The van der Waals surface area contributed by atoms with E-state index in [0.29, 0.717) is 16.3 Å². The summed E-state index contributed by atoms with van der Waals surface area (Å²) in [5.41, 5.74) is 0.295. The topological polar surface area (TPSA) is 92.4 Å². The summed E-state index contributed by atoms with van der Waals surface area (Å²) in [5.74, 6) is 0.683. The van der Waals surface area contributed by atoms with Crippen LogP contribution < -0.4 is 4.72 Å². The van der Waals surface area contributed by atoms with Gasteiger partial charge in [-0.25, -0.2) is 18.1 Å². The first-order chi connectivity index (χ1) is 8.95. The minimum Gasteiger partial charge on any atom is -0.465 e. The van der Waals surface area contributed by atoms with Crippen molar-refractivity contribution < 1.29 is 17.9 Å². The lowest BCUT2D eigenvalue weighted by molar-refractivity contribution is 0.276. The molecule has 2 N–H and O–H groups in total. The van der Waals surface area contributed by atoms with Crippen LogP contribution in [0.25, 0.3) is 0 Å². The van der Waals surface area contributed by atoms with Crippen molar-refractivity contribution in [1.29, 1.82) is 0 Å². The summed E-state index contributed by atoms with van der Waals surface area (Å²) in [7, 11) is -3.73. The summed E-state index contributed by atoms with van der Waals surface area (Å²) in [6.45, 7) is 2.92. The van der Waals surface area contributed by atoms with Crippen LogP contribution in [0.15, 0.2) is 20.9 Å². The number of aryl methyl sites for hydroxylation is 2. The molecule has 0 saturated heterocycles. The van der Waals surface area contributed by atoms with Gasteiger partial charge in [0.2, 0.25) is 10.0 Å². The molecule has 0 fully saturated rings. The average Bonchev–Trinajstić information content (AvgIpc) is 2.94. The lowest BCUT2D eigenvalue weighted by Gasteiger charge is -2.06. The molecule has 8 heteroatoms. The second-order valence-electron chi connectivity index (χ2n) is 3.93. The maximum absolute atomic E-state index is 12.2. The summed E-state index contributed by atoms with van der Waals surface area (Å²) >= 11 is 1.37. The van der Waals surface area contributed by atoms with Gasteiger partial charge in [-0.3, -0.25) is 0 Å². The Morgan fingerprint density at radius 3 is 2.74 bits per heavy atom. The third-order valence-electron chi connectivity index (χ3n) is 2.65. The number of aliphatic hydroxyl groups is 1. The van der Waals surface area contributed by atoms with E-state index >= 15 is 0 Å². The van der Waals surface area contributed by atoms with E-state index in [9.17, 15) is 13.5 Å². The number of hydrogen-bond donors (Lipinski definition) is 2. The van der Waals surface area contributed by atoms with Crippen LogP contribution in [0.2, 0.25) is 0 Å². The molecular weight excluding hydrogens is 288 g/mol. The van der Waals surface area contributed by atoms with Gasteiger partial charge < -0.3 is 9.52 Å². The summed E-state index contributed by atoms with van der Waals surface area (Å²) in [6, 6.07) is 0. The monoisotopic (exact) mass is 302 g/mol. The van der Waals surface area contributed by atoms with E-state index in [1.54, 1.807) is 25.4 Å². The normalized spacial score (nSPS) is 11.9. The van der Waals surface area contributed by atoms with Gasteiger partial charge in [-0.15, -0.1) is 11.3 Å².